The van der Waals surface area contributed by atoms with E-state index in [-0.39, 0.29) is 11.9 Å². The highest BCUT2D eigenvalue weighted by Gasteiger charge is 2.31. The van der Waals surface area contributed by atoms with Crippen molar-refractivity contribution in [3.05, 3.63) is 32.5 Å². The Morgan fingerprint density at radius 3 is 3.21 bits per heavy atom. The summed E-state index contributed by atoms with van der Waals surface area (Å²) < 4.78 is 3.91. The van der Waals surface area contributed by atoms with Crippen molar-refractivity contribution in [3.8, 4) is 0 Å². The number of hydrogen-bond acceptors (Lipinski definition) is 5. The molecule has 0 saturated carbocycles. The number of nitrogens with zero attached hydrogens (tertiary/aromatic N) is 3. The van der Waals surface area contributed by atoms with Crippen LogP contribution in [0, 0.1) is 0 Å². The summed E-state index contributed by atoms with van der Waals surface area (Å²) in [4.78, 5) is 16.7. The van der Waals surface area contributed by atoms with Gasteiger partial charge in [0, 0.05) is 11.4 Å². The minimum Gasteiger partial charge on any atom is -0.331 e. The Morgan fingerprint density at radius 1 is 1.58 bits per heavy atom. The fourth-order valence-electron chi connectivity index (χ4n) is 2.52. The molecule has 2 aromatic rings. The molecule has 0 aliphatic carbocycles. The lowest BCUT2D eigenvalue weighted by atomic mass is 10.0. The second-order valence-corrected chi connectivity index (χ2v) is 6.38. The molecule has 1 aliphatic rings. The van der Waals surface area contributed by atoms with Gasteiger partial charge in [0.15, 0.2) is 0 Å². The summed E-state index contributed by atoms with van der Waals surface area (Å²) >= 11 is 3.00. The summed E-state index contributed by atoms with van der Waals surface area (Å²) in [7, 11) is 0. The highest BCUT2D eigenvalue weighted by atomic mass is 32.1. The fourth-order valence-corrected chi connectivity index (χ4v) is 4.19. The van der Waals surface area contributed by atoms with Crippen LogP contribution in [0.15, 0.2) is 11.4 Å². The monoisotopic (exact) mass is 293 g/mol. The molecule has 1 atom stereocenters. The van der Waals surface area contributed by atoms with Crippen LogP contribution < -0.4 is 0 Å². The molecule has 0 N–H and O–H groups in total. The first-order valence-electron chi connectivity index (χ1n) is 6.40. The number of rotatable bonds is 2. The maximum atomic E-state index is 12.6. The summed E-state index contributed by atoms with van der Waals surface area (Å²) in [6, 6.07) is 2.28. The molecule has 100 valence electrons. The average Bonchev–Trinajstić information content (AvgIpc) is 3.07. The molecule has 3 rings (SSSR count). The third-order valence-corrected chi connectivity index (χ3v) is 5.38. The molecule has 0 bridgehead atoms. The van der Waals surface area contributed by atoms with Crippen LogP contribution in [0.1, 0.15) is 45.7 Å². The normalized spacial score (nSPS) is 18.4. The van der Waals surface area contributed by atoms with Crippen LogP contribution in [0.3, 0.4) is 0 Å². The van der Waals surface area contributed by atoms with Gasteiger partial charge in [0.1, 0.15) is 4.88 Å². The first-order chi connectivity index (χ1) is 9.22. The second-order valence-electron chi connectivity index (χ2n) is 4.63. The predicted molar refractivity (Wildman–Crippen MR) is 76.8 cm³/mol. The molecule has 1 amide bonds. The quantitative estimate of drug-likeness (QED) is 0.855. The molecule has 0 radical (unpaired) electrons. The third kappa shape index (κ3) is 2.08. The molecular weight excluding hydrogens is 278 g/mol. The van der Waals surface area contributed by atoms with Crippen molar-refractivity contribution in [1.29, 1.82) is 0 Å². The average molecular weight is 293 g/mol. The largest absolute Gasteiger partial charge is 0.331 e. The van der Waals surface area contributed by atoms with Crippen molar-refractivity contribution in [3.63, 3.8) is 0 Å². The highest BCUT2D eigenvalue weighted by molar-refractivity contribution is 7.10. The SMILES string of the molecule is CCc1nnsc1C(=O)N1CCc2sccc2C1C. The van der Waals surface area contributed by atoms with Gasteiger partial charge in [-0.05, 0) is 48.3 Å². The summed E-state index contributed by atoms with van der Waals surface area (Å²) in [5.41, 5.74) is 2.11. The molecule has 6 heteroatoms. The van der Waals surface area contributed by atoms with Crippen LogP contribution in [0.4, 0.5) is 0 Å². The van der Waals surface area contributed by atoms with Crippen molar-refractivity contribution in [2.24, 2.45) is 0 Å². The first-order valence-corrected chi connectivity index (χ1v) is 8.06. The Kier molecular flexibility index (Phi) is 3.36. The van der Waals surface area contributed by atoms with E-state index in [1.54, 1.807) is 11.3 Å². The zero-order valence-electron chi connectivity index (χ0n) is 10.9. The van der Waals surface area contributed by atoms with Gasteiger partial charge in [0.25, 0.3) is 5.91 Å². The molecule has 0 fully saturated rings. The number of carbonyl (C=O) groups is 1. The second kappa shape index (κ2) is 5.02. The van der Waals surface area contributed by atoms with Crippen LogP contribution in [0.5, 0.6) is 0 Å². The Labute approximate surface area is 120 Å². The molecule has 2 aromatic heterocycles. The van der Waals surface area contributed by atoms with E-state index in [9.17, 15) is 4.79 Å². The molecule has 0 aromatic carbocycles. The zero-order valence-corrected chi connectivity index (χ0v) is 12.6. The molecule has 0 spiro atoms. The van der Waals surface area contributed by atoms with Crippen LogP contribution in [0.2, 0.25) is 0 Å². The predicted octanol–water partition coefficient (Wildman–Crippen LogP) is 2.92. The Bertz CT molecular complexity index is 605. The molecule has 4 nitrogen and oxygen atoms in total. The lowest BCUT2D eigenvalue weighted by Gasteiger charge is -2.33. The van der Waals surface area contributed by atoms with Crippen molar-refractivity contribution >= 4 is 28.8 Å². The topological polar surface area (TPSA) is 46.1 Å². The van der Waals surface area contributed by atoms with Crippen molar-refractivity contribution in [2.45, 2.75) is 32.7 Å². The van der Waals surface area contributed by atoms with Crippen molar-refractivity contribution in [1.82, 2.24) is 14.5 Å². The van der Waals surface area contributed by atoms with Gasteiger partial charge in [0.2, 0.25) is 0 Å². The van der Waals surface area contributed by atoms with Gasteiger partial charge in [0.05, 0.1) is 11.7 Å². The van der Waals surface area contributed by atoms with E-state index in [0.29, 0.717) is 4.88 Å². The van der Waals surface area contributed by atoms with Gasteiger partial charge in [-0.3, -0.25) is 4.79 Å². The number of amides is 1. The van der Waals surface area contributed by atoms with Gasteiger partial charge < -0.3 is 4.90 Å². The lowest BCUT2D eigenvalue weighted by molar-refractivity contribution is 0.0683. The van der Waals surface area contributed by atoms with Crippen LogP contribution >= 0.6 is 22.9 Å². The molecule has 3 heterocycles. The standard InChI is InChI=1S/C13H15N3OS2/c1-3-10-12(19-15-14-10)13(17)16-6-4-11-9(8(16)2)5-7-18-11/h5,7-8H,3-4,6H2,1-2H3. The summed E-state index contributed by atoms with van der Waals surface area (Å²) in [6.45, 7) is 4.89. The number of aromatic nitrogens is 2. The minimum absolute atomic E-state index is 0.0798. The van der Waals surface area contributed by atoms with E-state index in [1.165, 1.54) is 22.0 Å². The van der Waals surface area contributed by atoms with E-state index in [4.69, 9.17) is 0 Å². The van der Waals surface area contributed by atoms with Crippen LogP contribution in [-0.2, 0) is 12.8 Å². The molecule has 0 saturated heterocycles. The number of aryl methyl sites for hydroxylation is 1. The number of fused-ring (bicyclic) bond motifs is 1. The van der Waals surface area contributed by atoms with Gasteiger partial charge in [-0.1, -0.05) is 11.4 Å². The van der Waals surface area contributed by atoms with E-state index >= 15 is 0 Å². The van der Waals surface area contributed by atoms with Gasteiger partial charge in [-0.2, -0.15) is 0 Å². The maximum absolute atomic E-state index is 12.6. The summed E-state index contributed by atoms with van der Waals surface area (Å²) in [5, 5.41) is 6.14. The van der Waals surface area contributed by atoms with Crippen molar-refractivity contribution < 1.29 is 4.79 Å². The zero-order chi connectivity index (χ0) is 13.4. The van der Waals surface area contributed by atoms with Gasteiger partial charge in [-0.15, -0.1) is 16.4 Å². The number of carbonyl (C=O) groups excluding carboxylic acids is 1. The van der Waals surface area contributed by atoms with Crippen LogP contribution in [0.25, 0.3) is 0 Å². The molecule has 1 aliphatic heterocycles. The Hall–Kier alpha value is -1.27. The van der Waals surface area contributed by atoms with E-state index in [2.05, 4.69) is 28.0 Å². The minimum atomic E-state index is 0.0798. The molecule has 1 unspecified atom stereocenters. The molecular formula is C13H15N3OS2. The summed E-state index contributed by atoms with van der Waals surface area (Å²) in [5.74, 6) is 0.0798. The van der Waals surface area contributed by atoms with E-state index in [0.717, 1.165) is 25.1 Å². The van der Waals surface area contributed by atoms with E-state index in [1.807, 2.05) is 11.8 Å². The van der Waals surface area contributed by atoms with Crippen LogP contribution in [-0.4, -0.2) is 26.9 Å². The van der Waals surface area contributed by atoms with Gasteiger partial charge >= 0.3 is 0 Å². The molecule has 19 heavy (non-hydrogen) atoms. The smallest absolute Gasteiger partial charge is 0.268 e. The third-order valence-electron chi connectivity index (χ3n) is 3.62. The highest BCUT2D eigenvalue weighted by Crippen LogP contribution is 2.34. The van der Waals surface area contributed by atoms with Gasteiger partial charge in [-0.25, -0.2) is 0 Å². The summed E-state index contributed by atoms with van der Waals surface area (Å²) in [6.07, 6.45) is 1.71. The Morgan fingerprint density at radius 2 is 2.42 bits per heavy atom. The number of hydrogen-bond donors (Lipinski definition) is 0. The fraction of sp³-hybridized carbons (Fsp3) is 0.462. The Balaban J connectivity index is 1.90. The number of thiophene rings is 1. The van der Waals surface area contributed by atoms with Crippen molar-refractivity contribution in [2.75, 3.05) is 6.54 Å². The first kappa shape index (κ1) is 12.7. The lowest BCUT2D eigenvalue weighted by Crippen LogP contribution is -2.38. The maximum Gasteiger partial charge on any atom is 0.268 e. The van der Waals surface area contributed by atoms with E-state index < -0.39 is 0 Å².